The van der Waals surface area contributed by atoms with Crippen molar-refractivity contribution in [2.24, 2.45) is 0 Å². The van der Waals surface area contributed by atoms with Crippen LogP contribution in [0.2, 0.25) is 0 Å². The molecule has 33 heavy (non-hydrogen) atoms. The van der Waals surface area contributed by atoms with E-state index < -0.39 is 0 Å². The third kappa shape index (κ3) is 7.04. The van der Waals surface area contributed by atoms with E-state index >= 15 is 0 Å². The number of benzene rings is 2. The molecule has 1 N–H and O–H groups in total. The number of rotatable bonds is 12. The van der Waals surface area contributed by atoms with Gasteiger partial charge in [-0.1, -0.05) is 56.3 Å². The summed E-state index contributed by atoms with van der Waals surface area (Å²) in [6.07, 6.45) is 6.68. The number of imidazole rings is 1. The molecule has 2 amide bonds. The van der Waals surface area contributed by atoms with Crippen molar-refractivity contribution in [1.82, 2.24) is 19.8 Å². The van der Waals surface area contributed by atoms with Crippen LogP contribution in [0.3, 0.4) is 0 Å². The van der Waals surface area contributed by atoms with Crippen molar-refractivity contribution in [2.45, 2.75) is 46.1 Å². The highest BCUT2D eigenvalue weighted by Gasteiger charge is 2.17. The first-order valence-corrected chi connectivity index (χ1v) is 11.8. The second-order valence-electron chi connectivity index (χ2n) is 8.12. The van der Waals surface area contributed by atoms with Crippen LogP contribution in [0, 0.1) is 0 Å². The Morgan fingerprint density at radius 3 is 2.42 bits per heavy atom. The molecule has 0 aliphatic carbocycles. The topological polar surface area (TPSA) is 67.2 Å². The quantitative estimate of drug-likeness (QED) is 0.330. The molecule has 174 valence electrons. The van der Waals surface area contributed by atoms with Gasteiger partial charge in [0.2, 0.25) is 11.8 Å². The fraction of sp³-hybridized carbons (Fsp3) is 0.370. The van der Waals surface area contributed by atoms with E-state index in [2.05, 4.69) is 19.2 Å². The Morgan fingerprint density at radius 2 is 1.70 bits per heavy atom. The van der Waals surface area contributed by atoms with Crippen LogP contribution in [-0.2, 0) is 22.6 Å². The molecule has 1 aromatic heterocycles. The second-order valence-corrected chi connectivity index (χ2v) is 8.12. The van der Waals surface area contributed by atoms with E-state index in [1.165, 1.54) is 0 Å². The summed E-state index contributed by atoms with van der Waals surface area (Å²) in [5.41, 5.74) is 2.86. The molecule has 3 aromatic rings. The van der Waals surface area contributed by atoms with E-state index in [1.807, 2.05) is 64.1 Å². The van der Waals surface area contributed by atoms with Gasteiger partial charge in [-0.25, -0.2) is 4.98 Å². The predicted octanol–water partition coefficient (Wildman–Crippen LogP) is 4.45. The first-order chi connectivity index (χ1) is 16.1. The van der Waals surface area contributed by atoms with Crippen LogP contribution in [0.1, 0.15) is 44.5 Å². The Hall–Kier alpha value is -3.41. The normalized spacial score (nSPS) is 11.2. The average Bonchev–Trinajstić information content (AvgIpc) is 3.18. The molecular weight excluding hydrogens is 412 g/mol. The highest BCUT2D eigenvalue weighted by Crippen LogP contribution is 2.18. The zero-order valence-corrected chi connectivity index (χ0v) is 19.7. The second kappa shape index (κ2) is 12.6. The number of para-hydroxylation sites is 2. The van der Waals surface area contributed by atoms with Crippen LogP contribution in [-0.4, -0.2) is 45.9 Å². The number of hydrogen-bond acceptors (Lipinski definition) is 3. The van der Waals surface area contributed by atoms with Crippen molar-refractivity contribution in [3.8, 4) is 0 Å². The van der Waals surface area contributed by atoms with E-state index in [0.29, 0.717) is 19.5 Å². The van der Waals surface area contributed by atoms with Crippen molar-refractivity contribution in [3.05, 3.63) is 72.1 Å². The number of fused-ring (bicyclic) bond motifs is 1. The minimum absolute atomic E-state index is 0.114. The first kappa shape index (κ1) is 24.2. The van der Waals surface area contributed by atoms with Crippen LogP contribution < -0.4 is 5.32 Å². The standard InChI is InChI=1S/C27H34N4O2/c1-3-19-30(20-4-2)27(33)21-31-24-14-9-8-13-23(24)29-25(31)15-10-18-28-26(32)17-16-22-11-6-5-7-12-22/h5-9,11-14,16-17H,3-4,10,15,18-21H2,1-2H3,(H,28,32)/b17-16-. The maximum absolute atomic E-state index is 13.0. The molecule has 0 fully saturated rings. The van der Waals surface area contributed by atoms with Crippen LogP contribution in [0.15, 0.2) is 60.7 Å². The highest BCUT2D eigenvalue weighted by atomic mass is 16.2. The van der Waals surface area contributed by atoms with Gasteiger partial charge in [-0.05, 0) is 43.0 Å². The Balaban J connectivity index is 1.61. The van der Waals surface area contributed by atoms with E-state index in [9.17, 15) is 9.59 Å². The van der Waals surface area contributed by atoms with Gasteiger partial charge in [0.25, 0.3) is 0 Å². The average molecular weight is 447 g/mol. The molecule has 1 heterocycles. The Labute approximate surface area is 196 Å². The van der Waals surface area contributed by atoms with E-state index in [-0.39, 0.29) is 11.8 Å². The number of hydrogen-bond donors (Lipinski definition) is 1. The van der Waals surface area contributed by atoms with Gasteiger partial charge < -0.3 is 14.8 Å². The Morgan fingerprint density at radius 1 is 1.00 bits per heavy atom. The van der Waals surface area contributed by atoms with Crippen molar-refractivity contribution in [3.63, 3.8) is 0 Å². The minimum Gasteiger partial charge on any atom is -0.353 e. The SMILES string of the molecule is CCCN(CCC)C(=O)Cn1c(CCCNC(=O)/C=C\c2ccccc2)nc2ccccc21. The lowest BCUT2D eigenvalue weighted by Gasteiger charge is -2.22. The van der Waals surface area contributed by atoms with Crippen LogP contribution in [0.4, 0.5) is 0 Å². The summed E-state index contributed by atoms with van der Waals surface area (Å²) in [6.45, 7) is 6.58. The fourth-order valence-electron chi connectivity index (χ4n) is 3.88. The molecule has 2 aromatic carbocycles. The Bertz CT molecular complexity index is 1070. The zero-order chi connectivity index (χ0) is 23.5. The molecular formula is C27H34N4O2. The van der Waals surface area contributed by atoms with Crippen LogP contribution in [0.25, 0.3) is 17.1 Å². The summed E-state index contributed by atoms with van der Waals surface area (Å²) in [4.78, 5) is 31.8. The minimum atomic E-state index is -0.114. The molecule has 0 bridgehead atoms. The van der Waals surface area contributed by atoms with E-state index in [4.69, 9.17) is 4.98 Å². The van der Waals surface area contributed by atoms with Crippen LogP contribution in [0.5, 0.6) is 0 Å². The molecule has 6 nitrogen and oxygen atoms in total. The predicted molar refractivity (Wildman–Crippen MR) is 134 cm³/mol. The van der Waals surface area contributed by atoms with Gasteiger partial charge in [0, 0.05) is 32.1 Å². The third-order valence-electron chi connectivity index (χ3n) is 5.47. The summed E-state index contributed by atoms with van der Waals surface area (Å²) in [5, 5.41) is 2.93. The number of aromatic nitrogens is 2. The maximum atomic E-state index is 13.0. The number of carbonyl (C=O) groups excluding carboxylic acids is 2. The summed E-state index contributed by atoms with van der Waals surface area (Å²) in [5.74, 6) is 0.895. The molecule has 0 unspecified atom stereocenters. The smallest absolute Gasteiger partial charge is 0.243 e. The largest absolute Gasteiger partial charge is 0.353 e. The molecule has 0 aliphatic heterocycles. The van der Waals surface area contributed by atoms with E-state index in [1.54, 1.807) is 12.2 Å². The summed E-state index contributed by atoms with van der Waals surface area (Å²) in [7, 11) is 0. The van der Waals surface area contributed by atoms with E-state index in [0.717, 1.165) is 54.8 Å². The van der Waals surface area contributed by atoms with Gasteiger partial charge in [-0.2, -0.15) is 0 Å². The van der Waals surface area contributed by atoms with Gasteiger partial charge in [0.15, 0.2) is 0 Å². The lowest BCUT2D eigenvalue weighted by atomic mass is 10.2. The molecule has 0 saturated heterocycles. The molecule has 0 atom stereocenters. The monoisotopic (exact) mass is 446 g/mol. The summed E-state index contributed by atoms with van der Waals surface area (Å²) in [6, 6.07) is 17.7. The highest BCUT2D eigenvalue weighted by molar-refractivity contribution is 5.91. The van der Waals surface area contributed by atoms with Gasteiger partial charge in [-0.3, -0.25) is 9.59 Å². The van der Waals surface area contributed by atoms with Crippen LogP contribution >= 0.6 is 0 Å². The van der Waals surface area contributed by atoms with Gasteiger partial charge in [-0.15, -0.1) is 0 Å². The fourth-order valence-corrected chi connectivity index (χ4v) is 3.88. The van der Waals surface area contributed by atoms with Crippen molar-refractivity contribution < 1.29 is 9.59 Å². The zero-order valence-electron chi connectivity index (χ0n) is 19.7. The summed E-state index contributed by atoms with van der Waals surface area (Å²) >= 11 is 0. The molecule has 0 saturated carbocycles. The number of aryl methyl sites for hydroxylation is 1. The van der Waals surface area contributed by atoms with Crippen molar-refractivity contribution >= 4 is 28.9 Å². The molecule has 6 heteroatoms. The van der Waals surface area contributed by atoms with Crippen molar-refractivity contribution in [2.75, 3.05) is 19.6 Å². The number of nitrogens with zero attached hydrogens (tertiary/aromatic N) is 3. The number of amides is 2. The molecule has 0 spiro atoms. The molecule has 0 aliphatic rings. The molecule has 3 rings (SSSR count). The lowest BCUT2D eigenvalue weighted by Crippen LogP contribution is -2.35. The van der Waals surface area contributed by atoms with Gasteiger partial charge in [0.1, 0.15) is 12.4 Å². The first-order valence-electron chi connectivity index (χ1n) is 11.8. The number of nitrogens with one attached hydrogen (secondary N) is 1. The summed E-state index contributed by atoms with van der Waals surface area (Å²) < 4.78 is 2.03. The third-order valence-corrected chi connectivity index (χ3v) is 5.47. The maximum Gasteiger partial charge on any atom is 0.243 e. The lowest BCUT2D eigenvalue weighted by molar-refractivity contribution is -0.131. The Kier molecular flexibility index (Phi) is 9.24. The van der Waals surface area contributed by atoms with Gasteiger partial charge in [0.05, 0.1) is 11.0 Å². The number of carbonyl (C=O) groups is 2. The molecule has 0 radical (unpaired) electrons. The van der Waals surface area contributed by atoms with Gasteiger partial charge >= 0.3 is 0 Å². The van der Waals surface area contributed by atoms with Crippen molar-refractivity contribution in [1.29, 1.82) is 0 Å².